The van der Waals surface area contributed by atoms with E-state index in [4.69, 9.17) is 4.74 Å². The van der Waals surface area contributed by atoms with Gasteiger partial charge in [-0.15, -0.1) is 24.0 Å². The molecule has 0 amide bonds. The molecule has 1 aromatic carbocycles. The molecule has 0 fully saturated rings. The SMILES string of the molecule is CCNC(=NCc1ccc(C)cc1OC(C)C)NCCS(=O)(=O)N(CC)CC.I. The van der Waals surface area contributed by atoms with Crippen LogP contribution in [0, 0.1) is 6.92 Å². The summed E-state index contributed by atoms with van der Waals surface area (Å²) in [6.07, 6.45) is 0.0844. The monoisotopic (exact) mass is 540 g/mol. The Morgan fingerprint density at radius 3 is 2.38 bits per heavy atom. The summed E-state index contributed by atoms with van der Waals surface area (Å²) in [7, 11) is -3.26. The zero-order chi connectivity index (χ0) is 21.2. The molecule has 0 saturated carbocycles. The normalized spacial score (nSPS) is 12.1. The molecule has 1 rings (SSSR count). The van der Waals surface area contributed by atoms with Crippen molar-refractivity contribution in [3.05, 3.63) is 29.3 Å². The summed E-state index contributed by atoms with van der Waals surface area (Å²) in [5.41, 5.74) is 2.13. The van der Waals surface area contributed by atoms with Crippen LogP contribution in [0.5, 0.6) is 5.75 Å². The number of nitrogens with zero attached hydrogens (tertiary/aromatic N) is 2. The molecule has 0 aliphatic carbocycles. The van der Waals surface area contributed by atoms with Gasteiger partial charge in [-0.2, -0.15) is 0 Å². The highest BCUT2D eigenvalue weighted by atomic mass is 127. The maximum atomic E-state index is 12.3. The van der Waals surface area contributed by atoms with Crippen LogP contribution in [0.15, 0.2) is 23.2 Å². The van der Waals surface area contributed by atoms with Crippen LogP contribution >= 0.6 is 24.0 Å². The van der Waals surface area contributed by atoms with E-state index in [1.807, 2.05) is 59.7 Å². The second-order valence-corrected chi connectivity index (χ2v) is 8.89. The summed E-state index contributed by atoms with van der Waals surface area (Å²) in [6, 6.07) is 6.07. The first-order valence-corrected chi connectivity index (χ1v) is 11.6. The van der Waals surface area contributed by atoms with Crippen molar-refractivity contribution in [2.24, 2.45) is 4.99 Å². The van der Waals surface area contributed by atoms with Crippen molar-refractivity contribution in [3.63, 3.8) is 0 Å². The van der Waals surface area contributed by atoms with Crippen molar-refractivity contribution in [2.45, 2.75) is 54.2 Å². The van der Waals surface area contributed by atoms with E-state index in [0.29, 0.717) is 38.7 Å². The Morgan fingerprint density at radius 2 is 1.83 bits per heavy atom. The van der Waals surface area contributed by atoms with E-state index in [0.717, 1.165) is 16.9 Å². The van der Waals surface area contributed by atoms with Gasteiger partial charge in [0.25, 0.3) is 0 Å². The molecule has 0 unspecified atom stereocenters. The summed E-state index contributed by atoms with van der Waals surface area (Å²) in [6.45, 7) is 14.1. The summed E-state index contributed by atoms with van der Waals surface area (Å²) < 4.78 is 32.0. The molecule has 29 heavy (non-hydrogen) atoms. The van der Waals surface area contributed by atoms with Crippen LogP contribution < -0.4 is 15.4 Å². The van der Waals surface area contributed by atoms with Crippen LogP contribution in [-0.4, -0.2) is 56.7 Å². The minimum Gasteiger partial charge on any atom is -0.491 e. The van der Waals surface area contributed by atoms with E-state index in [9.17, 15) is 8.42 Å². The highest BCUT2D eigenvalue weighted by Gasteiger charge is 2.18. The number of nitrogens with one attached hydrogen (secondary N) is 2. The average Bonchev–Trinajstić information content (AvgIpc) is 2.61. The Labute approximate surface area is 193 Å². The predicted octanol–water partition coefficient (Wildman–Crippen LogP) is 3.13. The Kier molecular flexibility index (Phi) is 13.5. The predicted molar refractivity (Wildman–Crippen MR) is 132 cm³/mol. The van der Waals surface area contributed by atoms with Gasteiger partial charge >= 0.3 is 0 Å². The third kappa shape index (κ3) is 9.99. The molecule has 9 heteroatoms. The number of aliphatic imine (C=N–C) groups is 1. The molecule has 0 radical (unpaired) electrons. The standard InChI is InChI=1S/C20H36N4O3S.HI/c1-7-21-20(22-12-13-28(25,26)24(8-2)9-3)23-15-18-11-10-17(6)14-19(18)27-16(4)5;/h10-11,14,16H,7-9,12-13,15H2,1-6H3,(H2,21,22,23);1H. The van der Waals surface area contributed by atoms with Gasteiger partial charge in [0.2, 0.25) is 10.0 Å². The second-order valence-electron chi connectivity index (χ2n) is 6.80. The third-order valence-corrected chi connectivity index (χ3v) is 6.11. The summed E-state index contributed by atoms with van der Waals surface area (Å²) in [5, 5.41) is 6.27. The molecule has 0 atom stereocenters. The molecule has 168 valence electrons. The van der Waals surface area contributed by atoms with E-state index >= 15 is 0 Å². The molecule has 0 heterocycles. The number of guanidine groups is 1. The Morgan fingerprint density at radius 1 is 1.17 bits per heavy atom. The van der Waals surface area contributed by atoms with Gasteiger partial charge in [0.1, 0.15) is 5.75 Å². The van der Waals surface area contributed by atoms with Gasteiger partial charge in [0, 0.05) is 31.7 Å². The van der Waals surface area contributed by atoms with E-state index in [-0.39, 0.29) is 35.8 Å². The Hall–Kier alpha value is -1.07. The largest absolute Gasteiger partial charge is 0.491 e. The summed E-state index contributed by atoms with van der Waals surface area (Å²) >= 11 is 0. The van der Waals surface area contributed by atoms with Gasteiger partial charge in [0.15, 0.2) is 5.96 Å². The van der Waals surface area contributed by atoms with Gasteiger partial charge in [-0.25, -0.2) is 17.7 Å². The first-order valence-electron chi connectivity index (χ1n) is 9.99. The van der Waals surface area contributed by atoms with Gasteiger partial charge in [-0.3, -0.25) is 0 Å². The number of rotatable bonds is 11. The van der Waals surface area contributed by atoms with Crippen LogP contribution in [-0.2, 0) is 16.6 Å². The van der Waals surface area contributed by atoms with E-state index in [1.165, 1.54) is 4.31 Å². The Bertz CT molecular complexity index is 735. The van der Waals surface area contributed by atoms with Gasteiger partial charge in [-0.05, 0) is 39.3 Å². The highest BCUT2D eigenvalue weighted by Crippen LogP contribution is 2.22. The summed E-state index contributed by atoms with van der Waals surface area (Å²) in [5.74, 6) is 1.46. The number of aryl methyl sites for hydroxylation is 1. The summed E-state index contributed by atoms with van der Waals surface area (Å²) in [4.78, 5) is 4.59. The maximum Gasteiger partial charge on any atom is 0.215 e. The lowest BCUT2D eigenvalue weighted by Crippen LogP contribution is -2.42. The second kappa shape index (κ2) is 14.0. The number of ether oxygens (including phenoxy) is 1. The zero-order valence-electron chi connectivity index (χ0n) is 18.5. The number of hydrogen-bond acceptors (Lipinski definition) is 4. The first kappa shape index (κ1) is 27.9. The van der Waals surface area contributed by atoms with Gasteiger partial charge in [-0.1, -0.05) is 26.0 Å². The van der Waals surface area contributed by atoms with Crippen molar-refractivity contribution in [1.29, 1.82) is 0 Å². The minimum absolute atomic E-state index is 0. The van der Waals surface area contributed by atoms with Crippen LogP contribution in [0.25, 0.3) is 0 Å². The molecule has 0 saturated heterocycles. The fourth-order valence-electron chi connectivity index (χ4n) is 2.71. The molecule has 0 spiro atoms. The van der Waals surface area contributed by atoms with E-state index < -0.39 is 10.0 Å². The molecule has 0 bridgehead atoms. The van der Waals surface area contributed by atoms with Gasteiger partial charge < -0.3 is 15.4 Å². The van der Waals surface area contributed by atoms with Crippen molar-refractivity contribution < 1.29 is 13.2 Å². The van der Waals surface area contributed by atoms with E-state index in [1.54, 1.807) is 0 Å². The molecule has 0 aliphatic rings. The quantitative estimate of drug-likeness (QED) is 0.256. The fourth-order valence-corrected chi connectivity index (χ4v) is 4.11. The lowest BCUT2D eigenvalue weighted by Gasteiger charge is -2.19. The van der Waals surface area contributed by atoms with Crippen LogP contribution in [0.4, 0.5) is 0 Å². The molecular weight excluding hydrogens is 503 g/mol. The Balaban J connectivity index is 0.00000784. The fraction of sp³-hybridized carbons (Fsp3) is 0.650. The average molecular weight is 541 g/mol. The van der Waals surface area contributed by atoms with Crippen LogP contribution in [0.3, 0.4) is 0 Å². The third-order valence-electron chi connectivity index (χ3n) is 4.09. The smallest absolute Gasteiger partial charge is 0.215 e. The minimum atomic E-state index is -3.26. The molecule has 2 N–H and O–H groups in total. The van der Waals surface area contributed by atoms with Crippen molar-refractivity contribution >= 4 is 40.0 Å². The topological polar surface area (TPSA) is 83.0 Å². The molecule has 7 nitrogen and oxygen atoms in total. The number of hydrogen-bond donors (Lipinski definition) is 2. The number of benzene rings is 1. The zero-order valence-corrected chi connectivity index (χ0v) is 21.6. The lowest BCUT2D eigenvalue weighted by atomic mass is 10.1. The van der Waals surface area contributed by atoms with Crippen molar-refractivity contribution in [3.8, 4) is 5.75 Å². The number of sulfonamides is 1. The van der Waals surface area contributed by atoms with Crippen molar-refractivity contribution in [1.82, 2.24) is 14.9 Å². The van der Waals surface area contributed by atoms with Crippen LogP contribution in [0.1, 0.15) is 45.7 Å². The molecular formula is C20H37IN4O3S. The van der Waals surface area contributed by atoms with Crippen molar-refractivity contribution in [2.75, 3.05) is 31.9 Å². The maximum absolute atomic E-state index is 12.3. The van der Waals surface area contributed by atoms with Gasteiger partial charge in [0.05, 0.1) is 18.4 Å². The molecule has 0 aromatic heterocycles. The van der Waals surface area contributed by atoms with Crippen LogP contribution in [0.2, 0.25) is 0 Å². The molecule has 0 aliphatic heterocycles. The number of halogens is 1. The first-order chi connectivity index (χ1) is 13.2. The molecule has 1 aromatic rings. The lowest BCUT2D eigenvalue weighted by molar-refractivity contribution is 0.240. The van der Waals surface area contributed by atoms with E-state index in [2.05, 4.69) is 15.6 Å². The highest BCUT2D eigenvalue weighted by molar-refractivity contribution is 14.0.